The molecule has 1 aliphatic heterocycles. The average Bonchev–Trinajstić information content (AvgIpc) is 2.67. The summed E-state index contributed by atoms with van der Waals surface area (Å²) < 4.78 is 18.3. The van der Waals surface area contributed by atoms with Crippen molar-refractivity contribution in [2.75, 3.05) is 6.61 Å². The molecule has 1 saturated heterocycles. The predicted octanol–water partition coefficient (Wildman–Crippen LogP) is 3.54. The monoisotopic (exact) mass is 298 g/mol. The first-order chi connectivity index (χ1) is 10.4. The van der Waals surface area contributed by atoms with Gasteiger partial charge in [0.1, 0.15) is 5.75 Å². The fraction of sp³-hybridized carbons (Fsp3) is 0.444. The summed E-state index contributed by atoms with van der Waals surface area (Å²) in [6, 6.07) is 12.3. The Hall–Kier alpha value is -1.52. The quantitative estimate of drug-likeness (QED) is 0.811. The molecule has 2 aromatic carbocycles. The first-order valence-electron chi connectivity index (χ1n) is 7.86. The van der Waals surface area contributed by atoms with Crippen LogP contribution in [0.4, 0.5) is 0 Å². The van der Waals surface area contributed by atoms with Crippen LogP contribution in [0.5, 0.6) is 5.75 Å². The maximum atomic E-state index is 6.24. The van der Waals surface area contributed by atoms with Gasteiger partial charge in [0.2, 0.25) is 0 Å². The fourth-order valence-electron chi connectivity index (χ4n) is 2.76. The SMILES string of the molecule is CCOc1ccc2ccccc2c1B1OC(C)(C)C(C)(C)O1. The largest absolute Gasteiger partial charge is 0.499 e. The predicted molar refractivity (Wildman–Crippen MR) is 90.8 cm³/mol. The number of benzene rings is 2. The van der Waals surface area contributed by atoms with Crippen molar-refractivity contribution in [3.05, 3.63) is 36.4 Å². The molecule has 3 rings (SSSR count). The minimum Gasteiger partial charge on any atom is -0.494 e. The highest BCUT2D eigenvalue weighted by Gasteiger charge is 2.52. The van der Waals surface area contributed by atoms with Gasteiger partial charge in [-0.1, -0.05) is 30.3 Å². The van der Waals surface area contributed by atoms with Crippen LogP contribution < -0.4 is 10.2 Å². The molecule has 0 spiro atoms. The fourth-order valence-corrected chi connectivity index (χ4v) is 2.76. The van der Waals surface area contributed by atoms with Crippen molar-refractivity contribution in [3.63, 3.8) is 0 Å². The van der Waals surface area contributed by atoms with E-state index in [0.717, 1.165) is 22.0 Å². The molecule has 1 aliphatic rings. The smallest absolute Gasteiger partial charge is 0.494 e. The molecule has 116 valence electrons. The third kappa shape index (κ3) is 2.40. The normalized spacial score (nSPS) is 19.6. The van der Waals surface area contributed by atoms with Crippen LogP contribution in [-0.4, -0.2) is 24.9 Å². The summed E-state index contributed by atoms with van der Waals surface area (Å²) >= 11 is 0. The van der Waals surface area contributed by atoms with Gasteiger partial charge in [0.25, 0.3) is 0 Å². The van der Waals surface area contributed by atoms with Crippen LogP contribution in [-0.2, 0) is 9.31 Å². The average molecular weight is 298 g/mol. The number of hydrogen-bond donors (Lipinski definition) is 0. The molecule has 0 aliphatic carbocycles. The zero-order valence-electron chi connectivity index (χ0n) is 14.0. The third-order valence-corrected chi connectivity index (χ3v) is 4.72. The molecule has 22 heavy (non-hydrogen) atoms. The molecule has 1 fully saturated rings. The lowest BCUT2D eigenvalue weighted by Crippen LogP contribution is -2.41. The van der Waals surface area contributed by atoms with Crippen molar-refractivity contribution >= 4 is 23.4 Å². The summed E-state index contributed by atoms with van der Waals surface area (Å²) in [6.07, 6.45) is 0. The van der Waals surface area contributed by atoms with Crippen LogP contribution in [0, 0.1) is 0 Å². The van der Waals surface area contributed by atoms with E-state index in [2.05, 4.69) is 45.9 Å². The molecule has 1 heterocycles. The van der Waals surface area contributed by atoms with Crippen LogP contribution in [0.1, 0.15) is 34.6 Å². The Bertz CT molecular complexity index is 678. The third-order valence-electron chi connectivity index (χ3n) is 4.72. The minimum absolute atomic E-state index is 0.363. The van der Waals surface area contributed by atoms with Crippen molar-refractivity contribution in [3.8, 4) is 5.75 Å². The van der Waals surface area contributed by atoms with Gasteiger partial charge < -0.3 is 14.0 Å². The second-order valence-corrected chi connectivity index (χ2v) is 6.72. The first-order valence-corrected chi connectivity index (χ1v) is 7.86. The van der Waals surface area contributed by atoms with Crippen molar-refractivity contribution in [1.82, 2.24) is 0 Å². The van der Waals surface area contributed by atoms with E-state index in [1.807, 2.05) is 25.1 Å². The van der Waals surface area contributed by atoms with Crippen LogP contribution in [0.3, 0.4) is 0 Å². The highest BCUT2D eigenvalue weighted by Crippen LogP contribution is 2.38. The van der Waals surface area contributed by atoms with Gasteiger partial charge in [-0.05, 0) is 51.5 Å². The van der Waals surface area contributed by atoms with Crippen molar-refractivity contribution < 1.29 is 14.0 Å². The minimum atomic E-state index is -0.419. The summed E-state index contributed by atoms with van der Waals surface area (Å²) in [7, 11) is -0.419. The first kappa shape index (κ1) is 15.4. The highest BCUT2D eigenvalue weighted by atomic mass is 16.7. The van der Waals surface area contributed by atoms with Crippen LogP contribution in [0.15, 0.2) is 36.4 Å². The molecular formula is C18H23BO3. The van der Waals surface area contributed by atoms with Crippen LogP contribution in [0.25, 0.3) is 10.8 Å². The number of fused-ring (bicyclic) bond motifs is 1. The Morgan fingerprint density at radius 2 is 1.59 bits per heavy atom. The molecule has 0 amide bonds. The zero-order valence-corrected chi connectivity index (χ0v) is 14.0. The van der Waals surface area contributed by atoms with E-state index in [1.54, 1.807) is 0 Å². The van der Waals surface area contributed by atoms with E-state index in [4.69, 9.17) is 14.0 Å². The van der Waals surface area contributed by atoms with Crippen molar-refractivity contribution in [2.45, 2.75) is 45.8 Å². The molecule has 0 bridgehead atoms. The van der Waals surface area contributed by atoms with E-state index < -0.39 is 7.12 Å². The van der Waals surface area contributed by atoms with Gasteiger partial charge >= 0.3 is 7.12 Å². The summed E-state index contributed by atoms with van der Waals surface area (Å²) in [5.74, 6) is 0.833. The Labute approximate surface area is 132 Å². The lowest BCUT2D eigenvalue weighted by atomic mass is 9.75. The summed E-state index contributed by atoms with van der Waals surface area (Å²) in [6.45, 7) is 10.9. The van der Waals surface area contributed by atoms with E-state index in [9.17, 15) is 0 Å². The number of rotatable bonds is 3. The maximum Gasteiger partial charge on any atom is 0.499 e. The van der Waals surface area contributed by atoms with Gasteiger partial charge in [-0.3, -0.25) is 0 Å². The topological polar surface area (TPSA) is 27.7 Å². The second-order valence-electron chi connectivity index (χ2n) is 6.72. The number of ether oxygens (including phenoxy) is 1. The Kier molecular flexibility index (Phi) is 3.70. The van der Waals surface area contributed by atoms with Gasteiger partial charge in [-0.25, -0.2) is 0 Å². The summed E-state index contributed by atoms with van der Waals surface area (Å²) in [5, 5.41) is 2.28. The molecular weight excluding hydrogens is 275 g/mol. The molecule has 0 unspecified atom stereocenters. The molecule has 0 radical (unpaired) electrons. The van der Waals surface area contributed by atoms with E-state index in [0.29, 0.717) is 6.61 Å². The van der Waals surface area contributed by atoms with Gasteiger partial charge in [-0.2, -0.15) is 0 Å². The van der Waals surface area contributed by atoms with Crippen molar-refractivity contribution in [1.29, 1.82) is 0 Å². The van der Waals surface area contributed by atoms with Crippen LogP contribution >= 0.6 is 0 Å². The van der Waals surface area contributed by atoms with Gasteiger partial charge in [-0.15, -0.1) is 0 Å². The molecule has 0 saturated carbocycles. The van der Waals surface area contributed by atoms with Crippen molar-refractivity contribution in [2.24, 2.45) is 0 Å². The molecule has 0 N–H and O–H groups in total. The standard InChI is InChI=1S/C18H23BO3/c1-6-20-15-12-11-13-9-7-8-10-14(13)16(15)19-21-17(2,3)18(4,5)22-19/h7-12H,6H2,1-5H3. The summed E-state index contributed by atoms with van der Waals surface area (Å²) in [4.78, 5) is 0. The van der Waals surface area contributed by atoms with E-state index in [-0.39, 0.29) is 11.2 Å². The number of hydrogen-bond acceptors (Lipinski definition) is 3. The van der Waals surface area contributed by atoms with Gasteiger partial charge in [0.15, 0.2) is 0 Å². The Balaban J connectivity index is 2.15. The molecule has 0 aromatic heterocycles. The zero-order chi connectivity index (χ0) is 16.0. The van der Waals surface area contributed by atoms with Crippen LogP contribution in [0.2, 0.25) is 0 Å². The lowest BCUT2D eigenvalue weighted by Gasteiger charge is -2.32. The molecule has 4 heteroatoms. The van der Waals surface area contributed by atoms with Gasteiger partial charge in [0.05, 0.1) is 17.8 Å². The summed E-state index contributed by atoms with van der Waals surface area (Å²) in [5.41, 5.74) is 0.259. The molecule has 0 atom stereocenters. The van der Waals surface area contributed by atoms with E-state index in [1.165, 1.54) is 0 Å². The van der Waals surface area contributed by atoms with E-state index >= 15 is 0 Å². The Morgan fingerprint density at radius 1 is 0.955 bits per heavy atom. The maximum absolute atomic E-state index is 6.24. The lowest BCUT2D eigenvalue weighted by molar-refractivity contribution is 0.00578. The highest BCUT2D eigenvalue weighted by molar-refractivity contribution is 6.66. The van der Waals surface area contributed by atoms with Gasteiger partial charge in [0, 0.05) is 5.46 Å². The second kappa shape index (κ2) is 5.29. The Morgan fingerprint density at radius 3 is 2.23 bits per heavy atom. The molecule has 2 aromatic rings. The molecule has 3 nitrogen and oxygen atoms in total.